The molecule has 2 aromatic rings. The van der Waals surface area contributed by atoms with Crippen LogP contribution in [0, 0.1) is 0 Å². The van der Waals surface area contributed by atoms with Gasteiger partial charge < -0.3 is 24.6 Å². The number of nitrogens with one attached hydrogen (secondary N) is 1. The lowest BCUT2D eigenvalue weighted by Gasteiger charge is -2.53. The van der Waals surface area contributed by atoms with E-state index in [9.17, 15) is 9.90 Å². The Labute approximate surface area is 169 Å². The molecule has 2 N–H and O–H groups in total. The number of likely N-dealkylation sites (tertiary alicyclic amines) is 1. The summed E-state index contributed by atoms with van der Waals surface area (Å²) in [7, 11) is 0. The van der Waals surface area contributed by atoms with Gasteiger partial charge in [-0.05, 0) is 26.2 Å². The summed E-state index contributed by atoms with van der Waals surface area (Å²) >= 11 is 0. The number of piperidine rings is 1. The van der Waals surface area contributed by atoms with Crippen molar-refractivity contribution in [2.45, 2.75) is 50.0 Å². The predicted octanol–water partition coefficient (Wildman–Crippen LogP) is -0.127. The summed E-state index contributed by atoms with van der Waals surface area (Å²) in [6.07, 6.45) is 9.02. The quantitative estimate of drug-likeness (QED) is 0.712. The van der Waals surface area contributed by atoms with Crippen LogP contribution in [0.1, 0.15) is 36.7 Å². The molecular weight excluding hydrogens is 374 g/mol. The Morgan fingerprint density at radius 1 is 1.24 bits per heavy atom. The molecule has 2 aromatic heterocycles. The second-order valence-corrected chi connectivity index (χ2v) is 8.07. The highest BCUT2D eigenvalue weighted by molar-refractivity contribution is 5.92. The average Bonchev–Trinajstić information content (AvgIpc) is 3.26. The molecule has 2 aliphatic heterocycles. The number of carbonyl (C=O) groups excluding carboxylic acids is 1. The van der Waals surface area contributed by atoms with Crippen molar-refractivity contribution >= 4 is 5.91 Å². The third kappa shape index (κ3) is 4.14. The van der Waals surface area contributed by atoms with E-state index in [1.165, 1.54) is 18.6 Å². The maximum Gasteiger partial charge on any atom is 0.271 e. The zero-order chi connectivity index (χ0) is 20.3. The monoisotopic (exact) mass is 401 g/mol. The third-order valence-electron chi connectivity index (χ3n) is 6.15. The number of aliphatic hydroxyl groups excluding tert-OH is 1. The fourth-order valence-corrected chi connectivity index (χ4v) is 4.30. The number of hydrogen-bond donors (Lipinski definition) is 2. The fraction of sp³-hybridized carbons (Fsp3) is 0.632. The topological polar surface area (TPSA) is 118 Å². The van der Waals surface area contributed by atoms with E-state index in [1.807, 2.05) is 11.5 Å². The van der Waals surface area contributed by atoms with Gasteiger partial charge in [-0.3, -0.25) is 9.78 Å². The number of rotatable bonds is 5. The normalized spacial score (nSPS) is 27.0. The van der Waals surface area contributed by atoms with Crippen molar-refractivity contribution in [2.75, 3.05) is 26.2 Å². The Morgan fingerprint density at radius 3 is 2.69 bits per heavy atom. The van der Waals surface area contributed by atoms with Crippen LogP contribution in [0.5, 0.6) is 0 Å². The van der Waals surface area contributed by atoms with Crippen LogP contribution in [0.25, 0.3) is 0 Å². The summed E-state index contributed by atoms with van der Waals surface area (Å²) in [6.45, 7) is 5.75. The van der Waals surface area contributed by atoms with Crippen LogP contribution in [-0.2, 0) is 11.3 Å². The van der Waals surface area contributed by atoms with E-state index in [0.717, 1.165) is 26.2 Å². The molecule has 2 fully saturated rings. The summed E-state index contributed by atoms with van der Waals surface area (Å²) in [5.41, 5.74) is -1.18. The Hall–Kier alpha value is -2.43. The molecule has 0 aliphatic carbocycles. The van der Waals surface area contributed by atoms with Crippen molar-refractivity contribution in [1.29, 1.82) is 0 Å². The lowest BCUT2D eigenvalue weighted by atomic mass is 9.73. The van der Waals surface area contributed by atoms with Gasteiger partial charge in [0.2, 0.25) is 0 Å². The van der Waals surface area contributed by atoms with Crippen LogP contribution >= 0.6 is 0 Å². The van der Waals surface area contributed by atoms with Crippen molar-refractivity contribution in [3.63, 3.8) is 0 Å². The van der Waals surface area contributed by atoms with Gasteiger partial charge in [0.15, 0.2) is 0 Å². The molecule has 10 heteroatoms. The van der Waals surface area contributed by atoms with Gasteiger partial charge in [-0.2, -0.15) is 0 Å². The van der Waals surface area contributed by atoms with Gasteiger partial charge in [-0.25, -0.2) is 4.98 Å². The van der Waals surface area contributed by atoms with Crippen molar-refractivity contribution < 1.29 is 14.6 Å². The highest BCUT2D eigenvalue weighted by Gasteiger charge is 2.53. The fourth-order valence-electron chi connectivity index (χ4n) is 4.30. The molecule has 2 atom stereocenters. The Bertz CT molecular complexity index is 808. The molecule has 0 bridgehead atoms. The summed E-state index contributed by atoms with van der Waals surface area (Å²) in [5.74, 6) is -0.330. The van der Waals surface area contributed by atoms with Crippen LogP contribution in [0.15, 0.2) is 31.2 Å². The van der Waals surface area contributed by atoms with Gasteiger partial charge in [-0.1, -0.05) is 0 Å². The number of aliphatic hydroxyl groups is 1. The van der Waals surface area contributed by atoms with Gasteiger partial charge >= 0.3 is 0 Å². The number of amides is 1. The number of ether oxygens (including phenoxy) is 1. The van der Waals surface area contributed by atoms with E-state index < -0.39 is 17.2 Å². The second-order valence-electron chi connectivity index (χ2n) is 8.07. The molecule has 156 valence electrons. The van der Waals surface area contributed by atoms with Gasteiger partial charge in [0.1, 0.15) is 24.5 Å². The van der Waals surface area contributed by atoms with E-state index in [1.54, 1.807) is 12.7 Å². The van der Waals surface area contributed by atoms with Crippen molar-refractivity contribution in [3.05, 3.63) is 36.9 Å². The Balaban J connectivity index is 1.38. The zero-order valence-corrected chi connectivity index (χ0v) is 16.6. The van der Waals surface area contributed by atoms with Gasteiger partial charge in [0, 0.05) is 45.2 Å². The largest absolute Gasteiger partial charge is 0.388 e. The SMILES string of the molecule is C[C@]1(NC(=O)c2cnccn2)CCOC2(CCN(CCn3cnnc3)CC2)[C@@H]1O. The van der Waals surface area contributed by atoms with Gasteiger partial charge in [-0.15, -0.1) is 10.2 Å². The average molecular weight is 401 g/mol. The number of hydrogen-bond acceptors (Lipinski definition) is 8. The standard InChI is InChI=1S/C19H27N7O3/c1-18(24-16(27)15-12-20-5-6-21-15)4-11-29-19(17(18)28)2-7-25(8-3-19)9-10-26-13-22-23-14-26/h5-6,12-14,17,28H,2-4,7-11H2,1H3,(H,24,27)/t17-,18+/m1/s1. The summed E-state index contributed by atoms with van der Waals surface area (Å²) < 4.78 is 8.07. The first-order chi connectivity index (χ1) is 14.0. The van der Waals surface area contributed by atoms with Crippen LogP contribution in [0.3, 0.4) is 0 Å². The molecule has 0 radical (unpaired) electrons. The Morgan fingerprint density at radius 2 is 2.00 bits per heavy atom. The predicted molar refractivity (Wildman–Crippen MR) is 103 cm³/mol. The van der Waals surface area contributed by atoms with Crippen LogP contribution in [0.2, 0.25) is 0 Å². The van der Waals surface area contributed by atoms with E-state index in [0.29, 0.717) is 25.9 Å². The summed E-state index contributed by atoms with van der Waals surface area (Å²) in [6, 6.07) is 0. The summed E-state index contributed by atoms with van der Waals surface area (Å²) in [5, 5.41) is 21.9. The van der Waals surface area contributed by atoms with Gasteiger partial charge in [0.25, 0.3) is 5.91 Å². The van der Waals surface area contributed by atoms with Gasteiger partial charge in [0.05, 0.1) is 17.3 Å². The minimum absolute atomic E-state index is 0.241. The minimum Gasteiger partial charge on any atom is -0.388 e. The zero-order valence-electron chi connectivity index (χ0n) is 16.6. The molecule has 10 nitrogen and oxygen atoms in total. The first kappa shape index (κ1) is 19.9. The van der Waals surface area contributed by atoms with E-state index in [-0.39, 0.29) is 11.6 Å². The molecule has 4 heterocycles. The number of carbonyl (C=O) groups is 1. The third-order valence-corrected chi connectivity index (χ3v) is 6.15. The van der Waals surface area contributed by atoms with E-state index in [2.05, 4.69) is 30.4 Å². The molecule has 1 spiro atoms. The maximum atomic E-state index is 12.6. The summed E-state index contributed by atoms with van der Waals surface area (Å²) in [4.78, 5) is 22.9. The lowest BCUT2D eigenvalue weighted by molar-refractivity contribution is -0.205. The first-order valence-electron chi connectivity index (χ1n) is 9.96. The molecule has 4 rings (SSSR count). The maximum absolute atomic E-state index is 12.6. The molecule has 0 saturated carbocycles. The molecule has 1 amide bonds. The van der Waals surface area contributed by atoms with Crippen molar-refractivity contribution in [2.24, 2.45) is 0 Å². The minimum atomic E-state index is -0.802. The molecule has 2 saturated heterocycles. The molecule has 0 aromatic carbocycles. The molecular formula is C19H27N7O3. The number of aromatic nitrogens is 5. The van der Waals surface area contributed by atoms with Crippen LogP contribution in [0.4, 0.5) is 0 Å². The van der Waals surface area contributed by atoms with E-state index >= 15 is 0 Å². The van der Waals surface area contributed by atoms with Crippen LogP contribution < -0.4 is 5.32 Å². The first-order valence-corrected chi connectivity index (χ1v) is 9.96. The molecule has 0 unspecified atom stereocenters. The molecule has 29 heavy (non-hydrogen) atoms. The lowest BCUT2D eigenvalue weighted by Crippen LogP contribution is -2.69. The highest BCUT2D eigenvalue weighted by Crippen LogP contribution is 2.40. The Kier molecular flexibility index (Phi) is 5.57. The van der Waals surface area contributed by atoms with Crippen molar-refractivity contribution in [3.8, 4) is 0 Å². The highest BCUT2D eigenvalue weighted by atomic mass is 16.5. The smallest absolute Gasteiger partial charge is 0.271 e. The number of nitrogens with zero attached hydrogens (tertiary/aromatic N) is 6. The molecule has 2 aliphatic rings. The van der Waals surface area contributed by atoms with Crippen molar-refractivity contribution in [1.82, 2.24) is 34.9 Å². The van der Waals surface area contributed by atoms with E-state index in [4.69, 9.17) is 4.74 Å². The second kappa shape index (κ2) is 8.13. The van der Waals surface area contributed by atoms with Crippen LogP contribution in [-0.4, -0.2) is 84.1 Å².